The third-order valence-electron chi connectivity index (χ3n) is 5.36. The normalized spacial score (nSPS) is 14.4. The van der Waals surface area contributed by atoms with Gasteiger partial charge in [0.1, 0.15) is 12.4 Å². The molecule has 2 aliphatic rings. The minimum atomic E-state index is 0.223. The number of methoxy groups -OCH3 is 1. The minimum absolute atomic E-state index is 0.223. The van der Waals surface area contributed by atoms with Gasteiger partial charge in [-0.15, -0.1) is 0 Å². The van der Waals surface area contributed by atoms with Crippen molar-refractivity contribution in [2.45, 2.75) is 0 Å². The predicted molar refractivity (Wildman–Crippen MR) is 98.9 cm³/mol. The van der Waals surface area contributed by atoms with Gasteiger partial charge in [-0.05, 0) is 35.7 Å². The zero-order chi connectivity index (χ0) is 18.1. The monoisotopic (exact) mass is 362 g/mol. The van der Waals surface area contributed by atoms with E-state index in [-0.39, 0.29) is 13.6 Å². The Hall–Kier alpha value is -3.41. The summed E-state index contributed by atoms with van der Waals surface area (Å²) in [7, 11) is 3.68. The summed E-state index contributed by atoms with van der Waals surface area (Å²) in [6.07, 6.45) is 0. The lowest BCUT2D eigenvalue weighted by Gasteiger charge is -2.11. The maximum absolute atomic E-state index is 5.80. The molecule has 0 radical (unpaired) electrons. The molecule has 0 fully saturated rings. The van der Waals surface area contributed by atoms with Gasteiger partial charge >= 0.3 is 5.88 Å². The number of ether oxygens (including phenoxy) is 5. The van der Waals surface area contributed by atoms with Crippen LogP contribution in [0.3, 0.4) is 0 Å². The highest BCUT2D eigenvalue weighted by molar-refractivity contribution is 6.16. The Morgan fingerprint density at radius 3 is 2.41 bits per heavy atom. The second-order valence-electron chi connectivity index (χ2n) is 6.68. The standard InChI is InChI=1S/C21H16NO5/c1-22-19-13(4-3-11-7-16-17(8-14(11)19)26-9-25-16)12-5-6-15-20(27-10-24-15)18(12)21(22)23-2/h3-8H,9-10H2,1-2H3/q+1. The van der Waals surface area contributed by atoms with Gasteiger partial charge in [-0.2, -0.15) is 4.57 Å². The number of rotatable bonds is 1. The van der Waals surface area contributed by atoms with E-state index in [1.54, 1.807) is 7.11 Å². The molecule has 134 valence electrons. The predicted octanol–water partition coefficient (Wildman–Crippen LogP) is 3.44. The lowest BCUT2D eigenvalue weighted by Crippen LogP contribution is -2.32. The van der Waals surface area contributed by atoms with Crippen molar-refractivity contribution in [1.29, 1.82) is 0 Å². The van der Waals surface area contributed by atoms with Crippen LogP contribution < -0.4 is 28.3 Å². The number of pyridine rings is 1. The molecule has 0 spiro atoms. The van der Waals surface area contributed by atoms with Crippen molar-refractivity contribution in [3.63, 3.8) is 0 Å². The van der Waals surface area contributed by atoms with E-state index in [1.165, 1.54) is 0 Å². The fourth-order valence-corrected chi connectivity index (χ4v) is 4.19. The molecule has 0 aliphatic carbocycles. The SMILES string of the molecule is COc1c2c3c(ccc2c2ccc4cc5c(cc4c2[n+]1C)OCO5)OCO3. The molecule has 0 atom stereocenters. The quantitative estimate of drug-likeness (QED) is 0.384. The van der Waals surface area contributed by atoms with Crippen molar-refractivity contribution >= 4 is 32.4 Å². The second kappa shape index (κ2) is 5.07. The van der Waals surface area contributed by atoms with Crippen molar-refractivity contribution in [2.24, 2.45) is 7.05 Å². The number of aryl methyl sites for hydroxylation is 1. The largest absolute Gasteiger partial charge is 0.454 e. The van der Waals surface area contributed by atoms with E-state index in [1.807, 2.05) is 25.2 Å². The topological polar surface area (TPSA) is 50.0 Å². The first-order valence-electron chi connectivity index (χ1n) is 8.70. The van der Waals surface area contributed by atoms with Crippen LogP contribution in [0, 0.1) is 0 Å². The molecule has 27 heavy (non-hydrogen) atoms. The van der Waals surface area contributed by atoms with E-state index in [0.717, 1.165) is 61.3 Å². The highest BCUT2D eigenvalue weighted by atomic mass is 16.7. The molecule has 2 aliphatic heterocycles. The van der Waals surface area contributed by atoms with Gasteiger partial charge in [0.15, 0.2) is 23.0 Å². The Balaban J connectivity index is 1.84. The molecule has 0 amide bonds. The van der Waals surface area contributed by atoms with Crippen molar-refractivity contribution in [2.75, 3.05) is 20.7 Å². The maximum Gasteiger partial charge on any atom is 0.379 e. The molecular formula is C21H16NO5+. The van der Waals surface area contributed by atoms with Gasteiger partial charge in [-0.1, -0.05) is 6.07 Å². The van der Waals surface area contributed by atoms with E-state index in [2.05, 4.69) is 22.8 Å². The molecule has 0 unspecified atom stereocenters. The van der Waals surface area contributed by atoms with Crippen LogP contribution >= 0.6 is 0 Å². The molecule has 3 heterocycles. The number of benzene rings is 3. The van der Waals surface area contributed by atoms with Crippen LogP contribution in [0.5, 0.6) is 28.9 Å². The second-order valence-corrected chi connectivity index (χ2v) is 6.68. The third kappa shape index (κ3) is 1.82. The Labute approximate surface area is 154 Å². The fraction of sp³-hybridized carbons (Fsp3) is 0.190. The van der Waals surface area contributed by atoms with E-state index in [0.29, 0.717) is 0 Å². The summed E-state index contributed by atoms with van der Waals surface area (Å²) < 4.78 is 30.3. The van der Waals surface area contributed by atoms with E-state index in [4.69, 9.17) is 23.7 Å². The summed E-state index contributed by atoms with van der Waals surface area (Å²) in [4.78, 5) is 0. The zero-order valence-electron chi connectivity index (χ0n) is 14.9. The first-order valence-corrected chi connectivity index (χ1v) is 8.70. The molecule has 0 saturated carbocycles. The van der Waals surface area contributed by atoms with Crippen LogP contribution in [0.4, 0.5) is 0 Å². The highest BCUT2D eigenvalue weighted by Gasteiger charge is 2.29. The molecule has 3 aromatic carbocycles. The summed E-state index contributed by atoms with van der Waals surface area (Å²) in [6, 6.07) is 12.3. The molecule has 0 bridgehead atoms. The van der Waals surface area contributed by atoms with Crippen LogP contribution in [0.1, 0.15) is 0 Å². The van der Waals surface area contributed by atoms with Gasteiger partial charge in [-0.25, -0.2) is 0 Å². The number of fused-ring (bicyclic) bond motifs is 8. The van der Waals surface area contributed by atoms with Gasteiger partial charge in [0, 0.05) is 5.39 Å². The van der Waals surface area contributed by atoms with Crippen LogP contribution in [0.15, 0.2) is 36.4 Å². The van der Waals surface area contributed by atoms with E-state index in [9.17, 15) is 0 Å². The smallest absolute Gasteiger partial charge is 0.379 e. The molecule has 6 heteroatoms. The lowest BCUT2D eigenvalue weighted by atomic mass is 9.99. The summed E-state index contributed by atoms with van der Waals surface area (Å²) in [5.41, 5.74) is 1.06. The third-order valence-corrected chi connectivity index (χ3v) is 5.36. The Morgan fingerprint density at radius 2 is 1.56 bits per heavy atom. The summed E-state index contributed by atoms with van der Waals surface area (Å²) in [5.74, 6) is 3.74. The van der Waals surface area contributed by atoms with Crippen LogP contribution in [0.25, 0.3) is 32.4 Å². The molecule has 1 aromatic heterocycles. The molecule has 4 aromatic rings. The highest BCUT2D eigenvalue weighted by Crippen LogP contribution is 2.46. The van der Waals surface area contributed by atoms with E-state index >= 15 is 0 Å². The molecule has 0 saturated heterocycles. The van der Waals surface area contributed by atoms with Crippen molar-refractivity contribution in [3.05, 3.63) is 36.4 Å². The summed E-state index contributed by atoms with van der Waals surface area (Å²) in [6.45, 7) is 0.478. The fourth-order valence-electron chi connectivity index (χ4n) is 4.19. The van der Waals surface area contributed by atoms with Crippen LogP contribution in [0.2, 0.25) is 0 Å². The van der Waals surface area contributed by atoms with Crippen LogP contribution in [-0.2, 0) is 7.05 Å². The lowest BCUT2D eigenvalue weighted by molar-refractivity contribution is -0.648. The van der Waals surface area contributed by atoms with Gasteiger partial charge in [0.2, 0.25) is 19.1 Å². The number of aromatic nitrogens is 1. The summed E-state index contributed by atoms with van der Waals surface area (Å²) >= 11 is 0. The maximum atomic E-state index is 5.80. The number of hydrogen-bond acceptors (Lipinski definition) is 5. The Morgan fingerprint density at radius 1 is 0.815 bits per heavy atom. The van der Waals surface area contributed by atoms with Gasteiger partial charge in [0.05, 0.1) is 17.9 Å². The first-order chi connectivity index (χ1) is 13.3. The average Bonchev–Trinajstić information content (AvgIpc) is 3.34. The Bertz CT molecular complexity index is 1280. The molecule has 6 nitrogen and oxygen atoms in total. The molecule has 0 N–H and O–H groups in total. The van der Waals surface area contributed by atoms with Gasteiger partial charge in [0.25, 0.3) is 0 Å². The summed E-state index contributed by atoms with van der Waals surface area (Å²) in [5, 5.41) is 5.26. The molecular weight excluding hydrogens is 346 g/mol. The van der Waals surface area contributed by atoms with Gasteiger partial charge in [-0.3, -0.25) is 0 Å². The van der Waals surface area contributed by atoms with E-state index < -0.39 is 0 Å². The van der Waals surface area contributed by atoms with Gasteiger partial charge < -0.3 is 23.7 Å². The zero-order valence-corrected chi connectivity index (χ0v) is 14.9. The van der Waals surface area contributed by atoms with Crippen molar-refractivity contribution < 1.29 is 28.3 Å². The van der Waals surface area contributed by atoms with Crippen molar-refractivity contribution in [1.82, 2.24) is 0 Å². The number of hydrogen-bond donors (Lipinski definition) is 0. The Kier molecular flexibility index (Phi) is 2.76. The average molecular weight is 362 g/mol. The first kappa shape index (κ1) is 14.7. The molecule has 6 rings (SSSR count). The van der Waals surface area contributed by atoms with Crippen LogP contribution in [-0.4, -0.2) is 20.7 Å². The number of nitrogens with zero attached hydrogens (tertiary/aromatic N) is 1. The minimum Gasteiger partial charge on any atom is -0.454 e. The van der Waals surface area contributed by atoms with Crippen molar-refractivity contribution in [3.8, 4) is 28.9 Å².